The van der Waals surface area contributed by atoms with Crippen LogP contribution in [0, 0.1) is 11.3 Å². The summed E-state index contributed by atoms with van der Waals surface area (Å²) in [4.78, 5) is 13.9. The van der Waals surface area contributed by atoms with Gasteiger partial charge in [0.15, 0.2) is 0 Å². The molecule has 0 heterocycles. The molecule has 112 valence electrons. The van der Waals surface area contributed by atoms with Gasteiger partial charge in [-0.1, -0.05) is 36.5 Å². The van der Waals surface area contributed by atoms with Crippen LogP contribution in [-0.4, -0.2) is 24.4 Å². The Bertz CT molecular complexity index is 579. The maximum absolute atomic E-state index is 12.1. The van der Waals surface area contributed by atoms with Crippen molar-refractivity contribution in [2.45, 2.75) is 19.8 Å². The normalized spacial score (nSPS) is 10.9. The molecule has 0 atom stereocenters. The Hall–Kier alpha value is -1.70. The minimum absolute atomic E-state index is 0.0182. The third-order valence-corrected chi connectivity index (χ3v) is 3.32. The first-order chi connectivity index (χ1) is 9.97. The van der Waals surface area contributed by atoms with Crippen LogP contribution >= 0.6 is 23.2 Å². The van der Waals surface area contributed by atoms with Crippen LogP contribution in [0.3, 0.4) is 0 Å². The Labute approximate surface area is 134 Å². The summed E-state index contributed by atoms with van der Waals surface area (Å²) >= 11 is 11.8. The fourth-order valence-corrected chi connectivity index (χ4v) is 1.95. The summed E-state index contributed by atoms with van der Waals surface area (Å²) in [5, 5.41) is 12.5. The van der Waals surface area contributed by atoms with E-state index < -0.39 is 5.91 Å². The molecule has 0 aliphatic rings. The van der Waals surface area contributed by atoms with E-state index in [9.17, 15) is 4.79 Å². The van der Waals surface area contributed by atoms with Gasteiger partial charge in [-0.2, -0.15) is 5.26 Å². The predicted octanol–water partition coefficient (Wildman–Crippen LogP) is 4.07. The minimum Gasteiger partial charge on any atom is -0.379 e. The molecule has 0 unspecified atom stereocenters. The maximum Gasteiger partial charge on any atom is 0.267 e. The van der Waals surface area contributed by atoms with Crippen LogP contribution in [0.25, 0.3) is 0 Å². The monoisotopic (exact) mass is 325 g/mol. The number of hydrogen-bond acceptors (Lipinski definition) is 3. The van der Waals surface area contributed by atoms with Crippen LogP contribution in [-0.2, 0) is 4.79 Å². The molecular weight excluding hydrogens is 309 g/mol. The largest absolute Gasteiger partial charge is 0.379 e. The van der Waals surface area contributed by atoms with Crippen LogP contribution in [0.4, 0.5) is 5.69 Å². The number of carbonyl (C=O) groups excluding carboxylic acids is 1. The van der Waals surface area contributed by atoms with Gasteiger partial charge < -0.3 is 10.2 Å². The number of carbonyl (C=O) groups is 1. The van der Waals surface area contributed by atoms with Crippen LogP contribution in [0.1, 0.15) is 19.8 Å². The molecule has 0 saturated heterocycles. The van der Waals surface area contributed by atoms with E-state index >= 15 is 0 Å². The molecule has 4 nitrogen and oxygen atoms in total. The van der Waals surface area contributed by atoms with E-state index in [0.717, 1.165) is 19.4 Å². The van der Waals surface area contributed by atoms with Crippen molar-refractivity contribution in [3.05, 3.63) is 40.0 Å². The molecule has 1 amide bonds. The van der Waals surface area contributed by atoms with Gasteiger partial charge in [0.2, 0.25) is 0 Å². The van der Waals surface area contributed by atoms with Gasteiger partial charge in [-0.3, -0.25) is 4.79 Å². The second-order valence-electron chi connectivity index (χ2n) is 4.57. The molecule has 0 radical (unpaired) electrons. The number of nitriles is 1. The quantitative estimate of drug-likeness (QED) is 0.633. The molecule has 0 aliphatic heterocycles. The van der Waals surface area contributed by atoms with E-state index in [1.54, 1.807) is 12.1 Å². The second kappa shape index (κ2) is 8.56. The molecule has 0 fully saturated rings. The first kappa shape index (κ1) is 17.4. The van der Waals surface area contributed by atoms with Crippen molar-refractivity contribution in [3.8, 4) is 6.07 Å². The fourth-order valence-electron chi connectivity index (χ4n) is 1.61. The minimum atomic E-state index is -0.509. The van der Waals surface area contributed by atoms with Gasteiger partial charge in [0.25, 0.3) is 5.91 Å². The number of unbranched alkanes of at least 4 members (excludes halogenated alkanes) is 1. The zero-order valence-corrected chi connectivity index (χ0v) is 13.5. The standard InChI is InChI=1S/C15H17Cl2N3O/c1-3-4-7-20(2)10-11(9-18)15(21)19-14-8-12(16)5-6-13(14)17/h5-6,8,10H,3-4,7H2,1-2H3,(H,19,21)/b11-10-. The lowest BCUT2D eigenvalue weighted by molar-refractivity contribution is -0.112. The highest BCUT2D eigenvalue weighted by atomic mass is 35.5. The highest BCUT2D eigenvalue weighted by Crippen LogP contribution is 2.25. The molecule has 0 saturated carbocycles. The van der Waals surface area contributed by atoms with Gasteiger partial charge in [-0.15, -0.1) is 0 Å². The van der Waals surface area contributed by atoms with Crippen LogP contribution in [0.2, 0.25) is 10.0 Å². The molecule has 1 aromatic rings. The van der Waals surface area contributed by atoms with E-state index in [4.69, 9.17) is 28.5 Å². The Morgan fingerprint density at radius 2 is 2.19 bits per heavy atom. The molecule has 1 rings (SSSR count). The van der Waals surface area contributed by atoms with Crippen LogP contribution in [0.5, 0.6) is 0 Å². The van der Waals surface area contributed by atoms with E-state index in [1.165, 1.54) is 12.3 Å². The summed E-state index contributed by atoms with van der Waals surface area (Å²) < 4.78 is 0. The SMILES string of the molecule is CCCCN(C)/C=C(/C#N)C(=O)Nc1cc(Cl)ccc1Cl. The fraction of sp³-hybridized carbons (Fsp3) is 0.333. The lowest BCUT2D eigenvalue weighted by Gasteiger charge is -2.14. The topological polar surface area (TPSA) is 56.1 Å². The number of hydrogen-bond donors (Lipinski definition) is 1. The van der Waals surface area contributed by atoms with Gasteiger partial charge >= 0.3 is 0 Å². The molecule has 1 N–H and O–H groups in total. The van der Waals surface area contributed by atoms with Crippen molar-refractivity contribution in [2.24, 2.45) is 0 Å². The smallest absolute Gasteiger partial charge is 0.267 e. The lowest BCUT2D eigenvalue weighted by atomic mass is 10.2. The predicted molar refractivity (Wildman–Crippen MR) is 86.3 cm³/mol. The molecule has 0 spiro atoms. The van der Waals surface area contributed by atoms with Crippen molar-refractivity contribution in [1.82, 2.24) is 4.90 Å². The van der Waals surface area contributed by atoms with Crippen molar-refractivity contribution in [3.63, 3.8) is 0 Å². The van der Waals surface area contributed by atoms with Gasteiger partial charge in [0, 0.05) is 24.8 Å². The highest BCUT2D eigenvalue weighted by Gasteiger charge is 2.12. The summed E-state index contributed by atoms with van der Waals surface area (Å²) in [6.45, 7) is 2.86. The Morgan fingerprint density at radius 1 is 1.48 bits per heavy atom. The number of rotatable bonds is 6. The Morgan fingerprint density at radius 3 is 2.81 bits per heavy atom. The summed E-state index contributed by atoms with van der Waals surface area (Å²) in [6.07, 6.45) is 3.57. The third kappa shape index (κ3) is 5.66. The average Bonchev–Trinajstić information content (AvgIpc) is 2.46. The number of nitrogens with one attached hydrogen (secondary N) is 1. The molecule has 0 bridgehead atoms. The summed E-state index contributed by atoms with van der Waals surface area (Å²) in [7, 11) is 1.83. The Kier molecular flexibility index (Phi) is 7.07. The molecule has 0 aliphatic carbocycles. The molecule has 1 aromatic carbocycles. The van der Waals surface area contributed by atoms with E-state index in [2.05, 4.69) is 12.2 Å². The molecular formula is C15H17Cl2N3O. The number of anilines is 1. The molecule has 0 aromatic heterocycles. The number of benzene rings is 1. The zero-order chi connectivity index (χ0) is 15.8. The molecule has 21 heavy (non-hydrogen) atoms. The summed E-state index contributed by atoms with van der Waals surface area (Å²) in [6, 6.07) is 6.64. The number of amides is 1. The highest BCUT2D eigenvalue weighted by molar-refractivity contribution is 6.35. The first-order valence-electron chi connectivity index (χ1n) is 6.56. The average molecular weight is 326 g/mol. The summed E-state index contributed by atoms with van der Waals surface area (Å²) in [5.74, 6) is -0.509. The second-order valence-corrected chi connectivity index (χ2v) is 5.41. The van der Waals surface area contributed by atoms with Gasteiger partial charge in [0.1, 0.15) is 11.6 Å². The maximum atomic E-state index is 12.1. The van der Waals surface area contributed by atoms with E-state index in [-0.39, 0.29) is 5.57 Å². The van der Waals surface area contributed by atoms with Crippen LogP contribution < -0.4 is 5.32 Å². The van der Waals surface area contributed by atoms with E-state index in [0.29, 0.717) is 15.7 Å². The lowest BCUT2D eigenvalue weighted by Crippen LogP contribution is -2.19. The molecule has 6 heteroatoms. The van der Waals surface area contributed by atoms with Gasteiger partial charge in [0.05, 0.1) is 10.7 Å². The van der Waals surface area contributed by atoms with Crippen molar-refractivity contribution < 1.29 is 4.79 Å². The van der Waals surface area contributed by atoms with Crippen molar-refractivity contribution >= 4 is 34.8 Å². The number of nitrogens with zero attached hydrogens (tertiary/aromatic N) is 2. The Balaban J connectivity index is 2.82. The van der Waals surface area contributed by atoms with E-state index in [1.807, 2.05) is 18.0 Å². The van der Waals surface area contributed by atoms with Gasteiger partial charge in [-0.25, -0.2) is 0 Å². The van der Waals surface area contributed by atoms with Crippen molar-refractivity contribution in [1.29, 1.82) is 5.26 Å². The number of halogens is 2. The first-order valence-corrected chi connectivity index (χ1v) is 7.32. The zero-order valence-electron chi connectivity index (χ0n) is 12.0. The van der Waals surface area contributed by atoms with Crippen LogP contribution in [0.15, 0.2) is 30.0 Å². The third-order valence-electron chi connectivity index (χ3n) is 2.76. The van der Waals surface area contributed by atoms with Crippen molar-refractivity contribution in [2.75, 3.05) is 18.9 Å². The van der Waals surface area contributed by atoms with Gasteiger partial charge in [-0.05, 0) is 24.6 Å². The summed E-state index contributed by atoms with van der Waals surface area (Å²) in [5.41, 5.74) is 0.399.